The molecule has 0 saturated carbocycles. The Balaban J connectivity index is 1.41. The molecule has 2 aromatic heterocycles. The van der Waals surface area contributed by atoms with Crippen molar-refractivity contribution in [3.05, 3.63) is 53.0 Å². The van der Waals surface area contributed by atoms with E-state index in [9.17, 15) is 4.79 Å². The second-order valence-electron chi connectivity index (χ2n) is 11.2. The van der Waals surface area contributed by atoms with Gasteiger partial charge in [-0.3, -0.25) is 0 Å². The number of aromatic nitrogens is 2. The van der Waals surface area contributed by atoms with E-state index in [4.69, 9.17) is 19.3 Å². The van der Waals surface area contributed by atoms with Gasteiger partial charge in [-0.05, 0) is 90.7 Å². The normalized spacial score (nSPS) is 14.6. The van der Waals surface area contributed by atoms with E-state index in [0.717, 1.165) is 61.0 Å². The summed E-state index contributed by atoms with van der Waals surface area (Å²) in [7, 11) is 4.00. The fourth-order valence-corrected chi connectivity index (χ4v) is 4.72. The van der Waals surface area contributed by atoms with Gasteiger partial charge in [-0.2, -0.15) is 5.26 Å². The molecule has 1 aliphatic rings. The van der Waals surface area contributed by atoms with Crippen molar-refractivity contribution in [2.45, 2.75) is 65.2 Å². The van der Waals surface area contributed by atoms with Gasteiger partial charge in [0.1, 0.15) is 29.7 Å². The molecule has 0 aliphatic carbocycles. The molecule has 0 unspecified atom stereocenters. The van der Waals surface area contributed by atoms with Gasteiger partial charge in [0.05, 0.1) is 17.0 Å². The maximum Gasteiger partial charge on any atom is 0.410 e. The number of carbonyl (C=O) groups is 1. The van der Waals surface area contributed by atoms with Crippen molar-refractivity contribution in [2.75, 3.05) is 27.2 Å². The first-order chi connectivity index (χ1) is 18.1. The van der Waals surface area contributed by atoms with Gasteiger partial charge in [0.15, 0.2) is 5.58 Å². The molecule has 1 amide bonds. The van der Waals surface area contributed by atoms with Gasteiger partial charge < -0.3 is 23.8 Å². The molecule has 202 valence electrons. The molecule has 3 heterocycles. The first-order valence-electron chi connectivity index (χ1n) is 13.1. The summed E-state index contributed by atoms with van der Waals surface area (Å²) in [6.07, 6.45) is 3.50. The molecule has 0 N–H and O–H groups in total. The summed E-state index contributed by atoms with van der Waals surface area (Å²) < 4.78 is 17.5. The third kappa shape index (κ3) is 7.01. The predicted octanol–water partition coefficient (Wildman–Crippen LogP) is 5.31. The minimum atomic E-state index is -0.475. The summed E-state index contributed by atoms with van der Waals surface area (Å²) in [6, 6.07) is 11.4. The smallest absolute Gasteiger partial charge is 0.410 e. The molecule has 9 nitrogen and oxygen atoms in total. The fourth-order valence-electron chi connectivity index (χ4n) is 4.72. The van der Waals surface area contributed by atoms with E-state index >= 15 is 0 Å². The van der Waals surface area contributed by atoms with E-state index in [1.165, 1.54) is 0 Å². The van der Waals surface area contributed by atoms with E-state index in [-0.39, 0.29) is 12.7 Å². The molecule has 3 aromatic rings. The van der Waals surface area contributed by atoms with Crippen molar-refractivity contribution < 1.29 is 18.8 Å². The van der Waals surface area contributed by atoms with Gasteiger partial charge in [-0.15, -0.1) is 0 Å². The molecule has 9 heteroatoms. The molecule has 1 aromatic carbocycles. The number of likely N-dealkylation sites (tertiary alicyclic amines) is 1. The van der Waals surface area contributed by atoms with Crippen LogP contribution in [0.25, 0.3) is 11.0 Å². The summed E-state index contributed by atoms with van der Waals surface area (Å²) in [5, 5.41) is 14.5. The van der Waals surface area contributed by atoms with Crippen LogP contribution in [0.3, 0.4) is 0 Å². The van der Waals surface area contributed by atoms with Crippen molar-refractivity contribution in [1.29, 1.82) is 5.26 Å². The Morgan fingerprint density at radius 2 is 1.97 bits per heavy atom. The number of nitrogens with zero attached hydrogens (tertiary/aromatic N) is 5. The first kappa shape index (κ1) is 27.4. The Bertz CT molecular complexity index is 1300. The van der Waals surface area contributed by atoms with E-state index in [2.05, 4.69) is 21.1 Å². The summed E-state index contributed by atoms with van der Waals surface area (Å²) >= 11 is 0. The summed E-state index contributed by atoms with van der Waals surface area (Å²) in [5.41, 5.74) is 3.21. The number of benzene rings is 1. The minimum Gasteiger partial charge on any atom is -0.487 e. The number of nitriles is 1. The van der Waals surface area contributed by atoms with Crippen LogP contribution < -0.4 is 4.74 Å². The predicted molar refractivity (Wildman–Crippen MR) is 144 cm³/mol. The zero-order valence-corrected chi connectivity index (χ0v) is 23.0. The highest BCUT2D eigenvalue weighted by Crippen LogP contribution is 2.33. The quantitative estimate of drug-likeness (QED) is 0.394. The van der Waals surface area contributed by atoms with Gasteiger partial charge >= 0.3 is 6.09 Å². The monoisotopic (exact) mass is 519 g/mol. The molecule has 1 saturated heterocycles. The Morgan fingerprint density at radius 1 is 1.21 bits per heavy atom. The van der Waals surface area contributed by atoms with Crippen LogP contribution in [-0.4, -0.2) is 58.8 Å². The van der Waals surface area contributed by atoms with Crippen LogP contribution in [0, 0.1) is 17.2 Å². The second kappa shape index (κ2) is 11.8. The zero-order valence-electron chi connectivity index (χ0n) is 23.0. The van der Waals surface area contributed by atoms with Gasteiger partial charge in [-0.25, -0.2) is 9.78 Å². The van der Waals surface area contributed by atoms with Crippen LogP contribution in [0.4, 0.5) is 4.79 Å². The molecule has 0 bridgehead atoms. The van der Waals surface area contributed by atoms with Crippen molar-refractivity contribution in [3.8, 4) is 11.8 Å². The number of carbonyl (C=O) groups excluding carboxylic acids is 1. The number of ether oxygens (including phenoxy) is 2. The van der Waals surface area contributed by atoms with Crippen LogP contribution in [0.2, 0.25) is 0 Å². The SMILES string of the molecule is CN(C)Cc1c(OCc2cccc(C#N)n2)ccc2c(CCC3CCN(C(=O)OC(C)(C)C)CC3)noc12. The Morgan fingerprint density at radius 3 is 2.66 bits per heavy atom. The highest BCUT2D eigenvalue weighted by molar-refractivity contribution is 5.84. The lowest BCUT2D eigenvalue weighted by Crippen LogP contribution is -2.41. The molecule has 4 rings (SSSR count). The van der Waals surface area contributed by atoms with Gasteiger partial charge in [0, 0.05) is 25.0 Å². The van der Waals surface area contributed by atoms with Crippen LogP contribution in [-0.2, 0) is 24.3 Å². The van der Waals surface area contributed by atoms with E-state index in [0.29, 0.717) is 29.6 Å². The standard InChI is InChI=1S/C29H37N5O4/c1-29(2,3)37-28(35)34-15-13-20(14-16-34)9-11-25-23-10-12-26(24(18-33(4)5)27(23)38-32-25)36-19-22-8-6-7-21(17-30)31-22/h6-8,10,12,20H,9,11,13-16,18-19H2,1-5H3. The number of fused-ring (bicyclic) bond motifs is 1. The summed E-state index contributed by atoms with van der Waals surface area (Å²) in [5.74, 6) is 1.24. The van der Waals surface area contributed by atoms with Crippen molar-refractivity contribution in [2.24, 2.45) is 5.92 Å². The Labute approximate surface area is 224 Å². The molecule has 0 spiro atoms. The molecule has 0 atom stereocenters. The lowest BCUT2D eigenvalue weighted by molar-refractivity contribution is 0.0181. The number of aryl methyl sites for hydroxylation is 1. The van der Waals surface area contributed by atoms with E-state index in [1.54, 1.807) is 12.1 Å². The highest BCUT2D eigenvalue weighted by Gasteiger charge is 2.27. The third-order valence-electron chi connectivity index (χ3n) is 6.60. The number of pyridine rings is 1. The maximum absolute atomic E-state index is 12.4. The molecule has 1 fully saturated rings. The van der Waals surface area contributed by atoms with Gasteiger partial charge in [0.25, 0.3) is 0 Å². The number of amides is 1. The first-order valence-corrected chi connectivity index (χ1v) is 13.1. The van der Waals surface area contributed by atoms with Crippen LogP contribution in [0.5, 0.6) is 5.75 Å². The minimum absolute atomic E-state index is 0.224. The summed E-state index contributed by atoms with van der Waals surface area (Å²) in [4.78, 5) is 20.5. The molecular formula is C29H37N5O4. The number of hydrogen-bond acceptors (Lipinski definition) is 8. The Kier molecular flexibility index (Phi) is 8.52. The van der Waals surface area contributed by atoms with Crippen LogP contribution in [0.15, 0.2) is 34.9 Å². The third-order valence-corrected chi connectivity index (χ3v) is 6.60. The molecule has 0 radical (unpaired) electrons. The van der Waals surface area contributed by atoms with Crippen LogP contribution >= 0.6 is 0 Å². The van der Waals surface area contributed by atoms with E-state index < -0.39 is 5.60 Å². The van der Waals surface area contributed by atoms with Crippen molar-refractivity contribution in [3.63, 3.8) is 0 Å². The molecule has 38 heavy (non-hydrogen) atoms. The highest BCUT2D eigenvalue weighted by atomic mass is 16.6. The second-order valence-corrected chi connectivity index (χ2v) is 11.2. The lowest BCUT2D eigenvalue weighted by Gasteiger charge is -2.33. The zero-order chi connectivity index (χ0) is 27.3. The van der Waals surface area contributed by atoms with Crippen molar-refractivity contribution >= 4 is 17.1 Å². The fraction of sp³-hybridized carbons (Fsp3) is 0.517. The number of hydrogen-bond donors (Lipinski definition) is 0. The Hall–Kier alpha value is -3.64. The van der Waals surface area contributed by atoms with Crippen molar-refractivity contribution in [1.82, 2.24) is 19.9 Å². The average Bonchev–Trinajstić information content (AvgIpc) is 3.29. The summed E-state index contributed by atoms with van der Waals surface area (Å²) in [6.45, 7) is 8.01. The number of rotatable bonds is 8. The molecule has 1 aliphatic heterocycles. The van der Waals surface area contributed by atoms with Crippen LogP contribution in [0.1, 0.15) is 62.7 Å². The average molecular weight is 520 g/mol. The number of piperidine rings is 1. The maximum atomic E-state index is 12.4. The topological polar surface area (TPSA) is 105 Å². The lowest BCUT2D eigenvalue weighted by atomic mass is 9.91. The molecular weight excluding hydrogens is 482 g/mol. The largest absolute Gasteiger partial charge is 0.487 e. The van der Waals surface area contributed by atoms with Gasteiger partial charge in [0.2, 0.25) is 0 Å². The van der Waals surface area contributed by atoms with Gasteiger partial charge in [-0.1, -0.05) is 11.2 Å². The van der Waals surface area contributed by atoms with E-state index in [1.807, 2.05) is 58.0 Å².